The summed E-state index contributed by atoms with van der Waals surface area (Å²) in [4.78, 5) is 33.0. The first-order chi connectivity index (χ1) is 19.8. The first kappa shape index (κ1) is 30.4. The molecule has 12 heteroatoms. The number of likely N-dealkylation sites (N-methyl/N-ethyl adjacent to an activating group) is 1. The van der Waals surface area contributed by atoms with E-state index in [9.17, 15) is 27.9 Å². The first-order valence-electron chi connectivity index (χ1n) is 14.3. The fourth-order valence-electron chi connectivity index (χ4n) is 6.26. The molecule has 2 amide bonds. The Balaban J connectivity index is 1.12. The quantitative estimate of drug-likeness (QED) is 0.392. The van der Waals surface area contributed by atoms with Gasteiger partial charge in [-0.2, -0.15) is 13.2 Å². The molecule has 2 saturated carbocycles. The Hall–Kier alpha value is -3.05. The number of hydrogen-bond donors (Lipinski definition) is 2. The minimum atomic E-state index is -5.21. The number of carbonyl (C=O) groups is 2. The Kier molecular flexibility index (Phi) is 8.37. The number of nitrogens with zero attached hydrogens (tertiary/aromatic N) is 3. The standard InChI is InChI=1S/C30H36ClF3N4O4/c1-37(27(40)29(41,30(32,33)34)20-4-3-5-22(16-20)42-2)13-10-19-17-28(18-19)11-14-38(15-12-28)24-9-8-23(25(31)36-24)26(39)35-21-6-7-21/h3-5,8-9,16,19,21,41H,6-7,10-15,17-18H2,1-2H3,(H,35,39)/t29-/m1/s1. The van der Waals surface area contributed by atoms with Gasteiger partial charge < -0.3 is 25.0 Å². The van der Waals surface area contributed by atoms with E-state index in [-0.39, 0.29) is 34.8 Å². The lowest BCUT2D eigenvalue weighted by atomic mass is 9.57. The molecule has 5 rings (SSSR count). The summed E-state index contributed by atoms with van der Waals surface area (Å²) in [5, 5.41) is 13.8. The maximum Gasteiger partial charge on any atom is 0.430 e. The average molecular weight is 609 g/mol. The maximum absolute atomic E-state index is 14.1. The zero-order valence-corrected chi connectivity index (χ0v) is 24.5. The molecular formula is C30H36ClF3N4O4. The lowest BCUT2D eigenvalue weighted by Gasteiger charge is -2.53. The summed E-state index contributed by atoms with van der Waals surface area (Å²) in [6.07, 6.45) is 1.12. The van der Waals surface area contributed by atoms with Gasteiger partial charge >= 0.3 is 6.18 Å². The van der Waals surface area contributed by atoms with E-state index in [1.807, 2.05) is 6.07 Å². The van der Waals surface area contributed by atoms with Crippen LogP contribution in [0.15, 0.2) is 36.4 Å². The van der Waals surface area contributed by atoms with E-state index < -0.39 is 23.2 Å². The number of nitrogens with one attached hydrogen (secondary N) is 1. The van der Waals surface area contributed by atoms with Crippen molar-refractivity contribution < 1.29 is 32.6 Å². The molecule has 0 unspecified atom stereocenters. The molecule has 3 fully saturated rings. The number of aliphatic hydroxyl groups is 1. The molecule has 2 N–H and O–H groups in total. The van der Waals surface area contributed by atoms with Crippen LogP contribution in [0.3, 0.4) is 0 Å². The Bertz CT molecular complexity index is 1320. The van der Waals surface area contributed by atoms with Gasteiger partial charge in [0.25, 0.3) is 17.4 Å². The molecule has 1 saturated heterocycles. The predicted molar refractivity (Wildman–Crippen MR) is 152 cm³/mol. The molecular weight excluding hydrogens is 573 g/mol. The van der Waals surface area contributed by atoms with Crippen molar-refractivity contribution in [2.75, 3.05) is 38.7 Å². The van der Waals surface area contributed by atoms with Crippen molar-refractivity contribution in [1.29, 1.82) is 0 Å². The summed E-state index contributed by atoms with van der Waals surface area (Å²) in [7, 11) is 2.60. The number of rotatable bonds is 9. The zero-order valence-electron chi connectivity index (χ0n) is 23.7. The summed E-state index contributed by atoms with van der Waals surface area (Å²) in [5.74, 6) is -0.465. The van der Waals surface area contributed by atoms with E-state index in [0.29, 0.717) is 17.9 Å². The molecule has 0 radical (unpaired) electrons. The minimum Gasteiger partial charge on any atom is -0.497 e. The number of ether oxygens (including phenoxy) is 1. The molecule has 1 aromatic heterocycles. The van der Waals surface area contributed by atoms with Gasteiger partial charge in [0.05, 0.1) is 12.7 Å². The predicted octanol–water partition coefficient (Wildman–Crippen LogP) is 4.93. The summed E-state index contributed by atoms with van der Waals surface area (Å²) >= 11 is 6.33. The lowest BCUT2D eigenvalue weighted by Crippen LogP contribution is -2.55. The second kappa shape index (κ2) is 11.6. The molecule has 1 spiro atoms. The van der Waals surface area contributed by atoms with E-state index in [4.69, 9.17) is 16.3 Å². The number of hydrogen-bond acceptors (Lipinski definition) is 6. The maximum atomic E-state index is 14.1. The van der Waals surface area contributed by atoms with Gasteiger partial charge in [-0.05, 0) is 80.5 Å². The monoisotopic (exact) mass is 608 g/mol. The summed E-state index contributed by atoms with van der Waals surface area (Å²) in [6, 6.07) is 8.65. The van der Waals surface area contributed by atoms with E-state index in [0.717, 1.165) is 74.5 Å². The molecule has 2 aliphatic carbocycles. The SMILES string of the molecule is COc1cccc([C@@](O)(C(=O)N(C)CCC2CC3(CCN(c4ccc(C(=O)NC5CC5)c(Cl)n4)CC3)C2)C(F)(F)F)c1. The van der Waals surface area contributed by atoms with Crippen LogP contribution in [0.25, 0.3) is 0 Å². The van der Waals surface area contributed by atoms with Crippen molar-refractivity contribution in [2.24, 2.45) is 11.3 Å². The van der Waals surface area contributed by atoms with E-state index in [1.54, 1.807) is 6.07 Å². The Labute approximate surface area is 248 Å². The van der Waals surface area contributed by atoms with Crippen molar-refractivity contribution in [3.8, 4) is 5.75 Å². The van der Waals surface area contributed by atoms with Crippen molar-refractivity contribution in [2.45, 2.75) is 62.8 Å². The Morgan fingerprint density at radius 1 is 1.19 bits per heavy atom. The largest absolute Gasteiger partial charge is 0.497 e. The fraction of sp³-hybridized carbons (Fsp3) is 0.567. The number of piperidine rings is 1. The third-order valence-corrected chi connectivity index (χ3v) is 9.30. The molecule has 42 heavy (non-hydrogen) atoms. The highest BCUT2D eigenvalue weighted by atomic mass is 35.5. The highest BCUT2D eigenvalue weighted by Crippen LogP contribution is 2.54. The van der Waals surface area contributed by atoms with E-state index in [2.05, 4.69) is 15.2 Å². The summed E-state index contributed by atoms with van der Waals surface area (Å²) in [6.45, 7) is 1.69. The zero-order chi connectivity index (χ0) is 30.3. The molecule has 0 bridgehead atoms. The normalized spacial score (nSPS) is 20.0. The Morgan fingerprint density at radius 3 is 2.48 bits per heavy atom. The number of benzene rings is 1. The number of carbonyl (C=O) groups excluding carboxylic acids is 2. The number of methoxy groups -OCH3 is 1. The first-order valence-corrected chi connectivity index (χ1v) is 14.6. The van der Waals surface area contributed by atoms with Crippen molar-refractivity contribution in [1.82, 2.24) is 15.2 Å². The van der Waals surface area contributed by atoms with Crippen molar-refractivity contribution in [3.05, 3.63) is 52.7 Å². The second-order valence-electron chi connectivity index (χ2n) is 12.0. The van der Waals surface area contributed by atoms with E-state index in [1.165, 1.54) is 26.3 Å². The van der Waals surface area contributed by atoms with Crippen LogP contribution in [0.5, 0.6) is 5.75 Å². The molecule has 2 aromatic rings. The minimum absolute atomic E-state index is 0.108. The highest BCUT2D eigenvalue weighted by molar-refractivity contribution is 6.32. The molecule has 1 atom stereocenters. The smallest absolute Gasteiger partial charge is 0.430 e. The van der Waals surface area contributed by atoms with Crippen LogP contribution in [0, 0.1) is 11.3 Å². The molecule has 2 heterocycles. The molecule has 1 aromatic carbocycles. The number of anilines is 1. The third kappa shape index (κ3) is 6.04. The molecule has 8 nitrogen and oxygen atoms in total. The van der Waals surface area contributed by atoms with E-state index >= 15 is 0 Å². The van der Waals surface area contributed by atoms with Gasteiger partial charge in [-0.1, -0.05) is 23.7 Å². The second-order valence-corrected chi connectivity index (χ2v) is 12.3. The van der Waals surface area contributed by atoms with Gasteiger partial charge in [-0.25, -0.2) is 4.98 Å². The van der Waals surface area contributed by atoms with Gasteiger partial charge in [0.2, 0.25) is 0 Å². The number of halogens is 4. The fourth-order valence-corrected chi connectivity index (χ4v) is 6.49. The van der Waals surface area contributed by atoms with Crippen LogP contribution < -0.4 is 15.0 Å². The lowest BCUT2D eigenvalue weighted by molar-refractivity contribution is -0.261. The summed E-state index contributed by atoms with van der Waals surface area (Å²) in [5.41, 5.74) is -3.69. The molecule has 228 valence electrons. The summed E-state index contributed by atoms with van der Waals surface area (Å²) < 4.78 is 47.2. The van der Waals surface area contributed by atoms with Crippen LogP contribution >= 0.6 is 11.6 Å². The van der Waals surface area contributed by atoms with Gasteiger partial charge in [-0.15, -0.1) is 0 Å². The Morgan fingerprint density at radius 2 is 1.88 bits per heavy atom. The van der Waals surface area contributed by atoms with Gasteiger partial charge in [0, 0.05) is 38.3 Å². The number of aromatic nitrogens is 1. The van der Waals surface area contributed by atoms with Crippen LogP contribution in [0.1, 0.15) is 60.9 Å². The van der Waals surface area contributed by atoms with Crippen LogP contribution in [-0.4, -0.2) is 72.8 Å². The molecule has 3 aliphatic rings. The van der Waals surface area contributed by atoms with Crippen molar-refractivity contribution >= 4 is 29.2 Å². The molecule has 1 aliphatic heterocycles. The number of amides is 2. The third-order valence-electron chi connectivity index (χ3n) is 9.01. The average Bonchev–Trinajstić information content (AvgIpc) is 3.77. The topological polar surface area (TPSA) is 95.0 Å². The van der Waals surface area contributed by atoms with Gasteiger partial charge in [-0.3, -0.25) is 9.59 Å². The van der Waals surface area contributed by atoms with Crippen LogP contribution in [0.2, 0.25) is 5.15 Å². The van der Waals surface area contributed by atoms with Crippen LogP contribution in [0.4, 0.5) is 19.0 Å². The van der Waals surface area contributed by atoms with Gasteiger partial charge in [0.1, 0.15) is 16.7 Å². The number of pyridine rings is 1. The van der Waals surface area contributed by atoms with Gasteiger partial charge in [0.15, 0.2) is 0 Å². The highest BCUT2D eigenvalue weighted by Gasteiger charge is 2.62. The van der Waals surface area contributed by atoms with Crippen LogP contribution in [-0.2, 0) is 10.4 Å². The van der Waals surface area contributed by atoms with Crippen molar-refractivity contribution in [3.63, 3.8) is 0 Å². The number of alkyl halides is 3.